The van der Waals surface area contributed by atoms with Crippen LogP contribution in [0, 0.1) is 5.41 Å². The van der Waals surface area contributed by atoms with Gasteiger partial charge >= 0.3 is 0 Å². The minimum absolute atomic E-state index is 0.354. The molecule has 2 heterocycles. The van der Waals surface area contributed by atoms with Crippen LogP contribution in [0.5, 0.6) is 0 Å². The highest BCUT2D eigenvalue weighted by Crippen LogP contribution is 2.56. The number of ether oxygens (including phenoxy) is 2. The molecular weight excluding hydrogens is 601 g/mol. The molecule has 0 fully saturated rings. The molecule has 0 spiro atoms. The van der Waals surface area contributed by atoms with Gasteiger partial charge in [0.15, 0.2) is 11.2 Å². The Bertz CT molecular complexity index is 1850. The molecule has 0 N–H and O–H groups in total. The highest BCUT2D eigenvalue weighted by molar-refractivity contribution is 6.06. The summed E-state index contributed by atoms with van der Waals surface area (Å²) >= 11 is 0. The van der Waals surface area contributed by atoms with Gasteiger partial charge in [0.05, 0.1) is 0 Å². The molecule has 6 aromatic carbocycles. The molecular formula is C45H38N2O2. The SMILES string of the molecule is CC(C)(C1=NC(c2ccccc2)C(c2ccccc2)(c2ccccc2)O1)C1=NC(c2ccccc2)C(c2ccccc2)(c2ccccc2)O1. The zero-order valence-corrected chi connectivity index (χ0v) is 27.7. The summed E-state index contributed by atoms with van der Waals surface area (Å²) in [7, 11) is 0. The zero-order valence-electron chi connectivity index (χ0n) is 27.7. The minimum atomic E-state index is -0.912. The third-order valence-corrected chi connectivity index (χ3v) is 9.89. The van der Waals surface area contributed by atoms with E-state index in [0.29, 0.717) is 11.8 Å². The molecule has 240 valence electrons. The molecule has 4 heteroatoms. The van der Waals surface area contributed by atoms with Crippen molar-refractivity contribution in [1.82, 2.24) is 0 Å². The topological polar surface area (TPSA) is 43.2 Å². The van der Waals surface area contributed by atoms with Crippen LogP contribution in [-0.2, 0) is 20.7 Å². The molecule has 0 saturated heterocycles. The molecule has 0 radical (unpaired) electrons. The third kappa shape index (κ3) is 5.07. The Morgan fingerprint density at radius 3 is 0.898 bits per heavy atom. The van der Waals surface area contributed by atoms with Gasteiger partial charge in [-0.1, -0.05) is 182 Å². The lowest BCUT2D eigenvalue weighted by Crippen LogP contribution is -2.42. The summed E-state index contributed by atoms with van der Waals surface area (Å²) in [5, 5.41) is 0. The third-order valence-electron chi connectivity index (χ3n) is 9.89. The van der Waals surface area contributed by atoms with E-state index in [1.807, 2.05) is 36.4 Å². The molecule has 0 bridgehead atoms. The molecule has 0 amide bonds. The smallest absolute Gasteiger partial charge is 0.200 e. The van der Waals surface area contributed by atoms with E-state index in [9.17, 15) is 0 Å². The van der Waals surface area contributed by atoms with E-state index >= 15 is 0 Å². The summed E-state index contributed by atoms with van der Waals surface area (Å²) in [5.41, 5.74) is 3.60. The summed E-state index contributed by atoms with van der Waals surface area (Å²) < 4.78 is 14.8. The van der Waals surface area contributed by atoms with Crippen LogP contribution in [0.4, 0.5) is 0 Å². The van der Waals surface area contributed by atoms with Gasteiger partial charge in [0.2, 0.25) is 11.8 Å². The molecule has 2 aliphatic heterocycles. The second-order valence-electron chi connectivity index (χ2n) is 13.3. The number of benzene rings is 6. The maximum Gasteiger partial charge on any atom is 0.200 e. The molecule has 8 rings (SSSR count). The lowest BCUT2D eigenvalue weighted by molar-refractivity contribution is 0.0732. The maximum atomic E-state index is 7.38. The predicted molar refractivity (Wildman–Crippen MR) is 197 cm³/mol. The number of aliphatic imine (C=N–C) groups is 2. The molecule has 0 saturated carbocycles. The first-order valence-electron chi connectivity index (χ1n) is 16.9. The van der Waals surface area contributed by atoms with E-state index in [4.69, 9.17) is 19.5 Å². The standard InChI is InChI=1S/C45H38N2O2/c1-43(2,41-46-39(33-21-9-3-10-22-33)44(48-41,35-25-13-5-14-26-35)36-27-15-6-16-28-36)42-47-40(34-23-11-4-12-24-34)45(49-42,37-29-17-7-18-30-37)38-31-19-8-20-32-38/h3-32,39-40H,1-2H3. The normalized spacial score (nSPS) is 19.3. The number of rotatable bonds is 8. The lowest BCUT2D eigenvalue weighted by atomic mass is 9.78. The Morgan fingerprint density at radius 2 is 0.633 bits per heavy atom. The van der Waals surface area contributed by atoms with Crippen LogP contribution in [0.2, 0.25) is 0 Å². The largest absolute Gasteiger partial charge is 0.461 e. The van der Waals surface area contributed by atoms with Crippen molar-refractivity contribution in [3.63, 3.8) is 0 Å². The first-order chi connectivity index (χ1) is 24.0. The Balaban J connectivity index is 1.31. The summed E-state index contributed by atoms with van der Waals surface area (Å²) in [6, 6.07) is 62.0. The Labute approximate surface area is 288 Å². The highest BCUT2D eigenvalue weighted by Gasteiger charge is 2.58. The fraction of sp³-hybridized carbons (Fsp3) is 0.156. The molecule has 2 atom stereocenters. The lowest BCUT2D eigenvalue weighted by Gasteiger charge is -2.38. The second kappa shape index (κ2) is 12.4. The zero-order chi connectivity index (χ0) is 33.3. The molecule has 2 aliphatic rings. The molecule has 0 aromatic heterocycles. The van der Waals surface area contributed by atoms with Crippen LogP contribution >= 0.6 is 0 Å². The quantitative estimate of drug-likeness (QED) is 0.167. The summed E-state index contributed by atoms with van der Waals surface area (Å²) in [5.74, 6) is 1.16. The molecule has 49 heavy (non-hydrogen) atoms. The molecule has 2 unspecified atom stereocenters. The minimum Gasteiger partial charge on any atom is -0.461 e. The van der Waals surface area contributed by atoms with E-state index < -0.39 is 16.6 Å². The van der Waals surface area contributed by atoms with Crippen LogP contribution in [0.15, 0.2) is 192 Å². The fourth-order valence-electron chi connectivity index (χ4n) is 7.39. The monoisotopic (exact) mass is 638 g/mol. The van der Waals surface area contributed by atoms with E-state index in [0.717, 1.165) is 33.4 Å². The number of hydrogen-bond acceptors (Lipinski definition) is 4. The van der Waals surface area contributed by atoms with E-state index in [1.54, 1.807) is 0 Å². The van der Waals surface area contributed by atoms with Gasteiger partial charge in [-0.2, -0.15) is 0 Å². The van der Waals surface area contributed by atoms with Crippen molar-refractivity contribution in [3.05, 3.63) is 215 Å². The van der Waals surface area contributed by atoms with Gasteiger partial charge in [0, 0.05) is 22.3 Å². The maximum absolute atomic E-state index is 7.38. The van der Waals surface area contributed by atoms with E-state index in [2.05, 4.69) is 159 Å². The van der Waals surface area contributed by atoms with Crippen molar-refractivity contribution in [1.29, 1.82) is 0 Å². The predicted octanol–water partition coefficient (Wildman–Crippen LogP) is 10.2. The van der Waals surface area contributed by atoms with Crippen LogP contribution in [0.25, 0.3) is 0 Å². The van der Waals surface area contributed by atoms with Gasteiger partial charge in [-0.15, -0.1) is 0 Å². The Hall–Kier alpha value is -5.74. The van der Waals surface area contributed by atoms with Gasteiger partial charge in [-0.3, -0.25) is 0 Å². The average Bonchev–Trinajstić information content (AvgIpc) is 3.80. The Morgan fingerprint density at radius 1 is 0.388 bits per heavy atom. The van der Waals surface area contributed by atoms with Crippen molar-refractivity contribution in [2.45, 2.75) is 37.1 Å². The summed E-state index contributed by atoms with van der Waals surface area (Å²) in [4.78, 5) is 11.0. The second-order valence-corrected chi connectivity index (χ2v) is 13.3. The van der Waals surface area contributed by atoms with Crippen molar-refractivity contribution in [3.8, 4) is 0 Å². The number of nitrogens with zero attached hydrogens (tertiary/aromatic N) is 2. The molecule has 4 nitrogen and oxygen atoms in total. The van der Waals surface area contributed by atoms with Crippen LogP contribution in [0.1, 0.15) is 59.3 Å². The van der Waals surface area contributed by atoms with E-state index in [-0.39, 0.29) is 12.1 Å². The van der Waals surface area contributed by atoms with Gasteiger partial charge in [0.25, 0.3) is 0 Å². The summed E-state index contributed by atoms with van der Waals surface area (Å²) in [6.07, 6.45) is 0. The van der Waals surface area contributed by atoms with Crippen molar-refractivity contribution < 1.29 is 9.47 Å². The van der Waals surface area contributed by atoms with Crippen molar-refractivity contribution in [2.75, 3.05) is 0 Å². The van der Waals surface area contributed by atoms with Crippen LogP contribution < -0.4 is 0 Å². The van der Waals surface area contributed by atoms with Crippen LogP contribution in [0.3, 0.4) is 0 Å². The first-order valence-corrected chi connectivity index (χ1v) is 16.9. The first kappa shape index (κ1) is 30.6. The van der Waals surface area contributed by atoms with Gasteiger partial charge in [-0.25, -0.2) is 9.98 Å². The molecule has 6 aromatic rings. The van der Waals surface area contributed by atoms with Crippen molar-refractivity contribution in [2.24, 2.45) is 15.4 Å². The average molecular weight is 639 g/mol. The molecule has 0 aliphatic carbocycles. The van der Waals surface area contributed by atoms with Gasteiger partial charge in [-0.05, 0) is 25.0 Å². The van der Waals surface area contributed by atoms with E-state index in [1.165, 1.54) is 0 Å². The number of hydrogen-bond donors (Lipinski definition) is 0. The van der Waals surface area contributed by atoms with Gasteiger partial charge < -0.3 is 9.47 Å². The summed E-state index contributed by atoms with van der Waals surface area (Å²) in [6.45, 7) is 4.24. The van der Waals surface area contributed by atoms with Crippen LogP contribution in [-0.4, -0.2) is 11.8 Å². The van der Waals surface area contributed by atoms with Crippen molar-refractivity contribution >= 4 is 11.8 Å². The fourth-order valence-corrected chi connectivity index (χ4v) is 7.39. The highest BCUT2D eigenvalue weighted by atomic mass is 16.5. The van der Waals surface area contributed by atoms with Gasteiger partial charge in [0.1, 0.15) is 17.5 Å². The Kier molecular flexibility index (Phi) is 7.72.